The molecule has 0 aliphatic heterocycles. The molecule has 6 heteroatoms. The molecule has 22 heavy (non-hydrogen) atoms. The molecule has 116 valence electrons. The molecule has 0 atom stereocenters. The second-order valence-electron chi connectivity index (χ2n) is 4.83. The van der Waals surface area contributed by atoms with Gasteiger partial charge in [0, 0.05) is 19.2 Å². The maximum Gasteiger partial charge on any atom is 0.172 e. The van der Waals surface area contributed by atoms with Crippen molar-refractivity contribution in [3.8, 4) is 11.3 Å². The topological polar surface area (TPSA) is 90.1 Å². The minimum atomic E-state index is 0.150. The summed E-state index contributed by atoms with van der Waals surface area (Å²) in [4.78, 5) is 19.1. The van der Waals surface area contributed by atoms with Gasteiger partial charge in [-0.25, -0.2) is 9.97 Å². The van der Waals surface area contributed by atoms with Crippen molar-refractivity contribution in [2.24, 2.45) is 0 Å². The average Bonchev–Trinajstić information content (AvgIpc) is 2.56. The van der Waals surface area contributed by atoms with E-state index in [0.717, 1.165) is 25.1 Å². The molecular formula is C16H20N4O2. The van der Waals surface area contributed by atoms with E-state index in [-0.39, 0.29) is 11.5 Å². The van der Waals surface area contributed by atoms with Gasteiger partial charge in [0.1, 0.15) is 5.69 Å². The quantitative estimate of drug-likeness (QED) is 0.564. The van der Waals surface area contributed by atoms with E-state index >= 15 is 0 Å². The summed E-state index contributed by atoms with van der Waals surface area (Å²) in [5.41, 5.74) is 8.52. The minimum Gasteiger partial charge on any atom is -0.383 e. The van der Waals surface area contributed by atoms with Crippen LogP contribution in [-0.2, 0) is 11.2 Å². The van der Waals surface area contributed by atoms with E-state index in [1.807, 2.05) is 24.3 Å². The van der Waals surface area contributed by atoms with E-state index in [1.54, 1.807) is 13.3 Å². The largest absolute Gasteiger partial charge is 0.383 e. The summed E-state index contributed by atoms with van der Waals surface area (Å²) in [6.45, 7) is 2.47. The lowest BCUT2D eigenvalue weighted by atomic mass is 10.1. The van der Waals surface area contributed by atoms with Gasteiger partial charge < -0.3 is 15.8 Å². The Bertz CT molecular complexity index is 614. The first-order valence-electron chi connectivity index (χ1n) is 7.11. The molecule has 0 saturated heterocycles. The number of carbonyl (C=O) groups excluding carboxylic acids is 1. The molecule has 0 spiro atoms. The van der Waals surface area contributed by atoms with Crippen molar-refractivity contribution in [2.45, 2.75) is 6.42 Å². The summed E-state index contributed by atoms with van der Waals surface area (Å²) in [6, 6.07) is 8.04. The number of nitrogens with one attached hydrogen (secondary N) is 1. The average molecular weight is 300 g/mol. The number of nitrogens with two attached hydrogens (primary N) is 1. The van der Waals surface area contributed by atoms with Crippen LogP contribution in [0.1, 0.15) is 16.1 Å². The molecule has 0 radical (unpaired) electrons. The summed E-state index contributed by atoms with van der Waals surface area (Å²) in [5, 5.41) is 3.30. The smallest absolute Gasteiger partial charge is 0.172 e. The van der Waals surface area contributed by atoms with Gasteiger partial charge in [-0.05, 0) is 18.5 Å². The van der Waals surface area contributed by atoms with Crippen LogP contribution in [0.3, 0.4) is 0 Å². The van der Waals surface area contributed by atoms with Crippen molar-refractivity contribution in [3.63, 3.8) is 0 Å². The molecule has 1 heterocycles. The fourth-order valence-electron chi connectivity index (χ4n) is 2.01. The molecule has 0 bridgehead atoms. The standard InChI is InChI=1S/C16H20N4O2/c1-22-9-8-18-7-6-12-2-4-13(5-3-12)14-10-19-16(17)15(11-21)20-14/h2-5,10-11,18H,6-9H2,1H3,(H2,17,19). The van der Waals surface area contributed by atoms with Crippen LogP contribution >= 0.6 is 0 Å². The highest BCUT2D eigenvalue weighted by Gasteiger charge is 2.05. The van der Waals surface area contributed by atoms with E-state index in [1.165, 1.54) is 5.56 Å². The Labute approximate surface area is 129 Å². The molecule has 6 nitrogen and oxygen atoms in total. The molecule has 1 aromatic heterocycles. The maximum absolute atomic E-state index is 10.9. The molecular weight excluding hydrogens is 280 g/mol. The number of benzene rings is 1. The Morgan fingerprint density at radius 1 is 1.27 bits per heavy atom. The molecule has 0 saturated carbocycles. The molecule has 0 amide bonds. The number of methoxy groups -OCH3 is 1. The van der Waals surface area contributed by atoms with Crippen LogP contribution in [0, 0.1) is 0 Å². The van der Waals surface area contributed by atoms with Gasteiger partial charge in [0.2, 0.25) is 0 Å². The molecule has 3 N–H and O–H groups in total. The normalized spacial score (nSPS) is 10.6. The van der Waals surface area contributed by atoms with Crippen molar-refractivity contribution in [1.29, 1.82) is 0 Å². The number of aldehydes is 1. The first-order chi connectivity index (χ1) is 10.7. The lowest BCUT2D eigenvalue weighted by Crippen LogP contribution is -2.21. The van der Waals surface area contributed by atoms with E-state index in [2.05, 4.69) is 15.3 Å². The number of hydrogen-bond donors (Lipinski definition) is 2. The predicted octanol–water partition coefficient (Wildman–Crippen LogP) is 1.32. The first-order valence-corrected chi connectivity index (χ1v) is 7.11. The zero-order valence-corrected chi connectivity index (χ0v) is 12.6. The zero-order chi connectivity index (χ0) is 15.8. The number of hydrogen-bond acceptors (Lipinski definition) is 6. The number of nitrogens with zero attached hydrogens (tertiary/aromatic N) is 2. The fourth-order valence-corrected chi connectivity index (χ4v) is 2.01. The van der Waals surface area contributed by atoms with Gasteiger partial charge in [0.25, 0.3) is 0 Å². The second kappa shape index (κ2) is 8.21. The Balaban J connectivity index is 1.98. The first kappa shape index (κ1) is 16.1. The van der Waals surface area contributed by atoms with Crippen LogP contribution in [-0.4, -0.2) is 43.1 Å². The predicted molar refractivity (Wildman–Crippen MR) is 85.7 cm³/mol. The van der Waals surface area contributed by atoms with Crippen LogP contribution in [0.2, 0.25) is 0 Å². The number of aromatic nitrogens is 2. The molecule has 0 unspecified atom stereocenters. The highest BCUT2D eigenvalue weighted by Crippen LogP contribution is 2.18. The van der Waals surface area contributed by atoms with Crippen LogP contribution < -0.4 is 11.1 Å². The van der Waals surface area contributed by atoms with Gasteiger partial charge in [0.05, 0.1) is 18.5 Å². The van der Waals surface area contributed by atoms with E-state index in [0.29, 0.717) is 18.6 Å². The third kappa shape index (κ3) is 4.34. The van der Waals surface area contributed by atoms with Crippen molar-refractivity contribution in [2.75, 3.05) is 32.5 Å². The summed E-state index contributed by atoms with van der Waals surface area (Å²) < 4.78 is 4.98. The van der Waals surface area contributed by atoms with Crippen molar-refractivity contribution in [1.82, 2.24) is 15.3 Å². The minimum absolute atomic E-state index is 0.150. The molecule has 2 aromatic rings. The number of ether oxygens (including phenoxy) is 1. The van der Waals surface area contributed by atoms with Gasteiger partial charge in [0.15, 0.2) is 12.1 Å². The summed E-state index contributed by atoms with van der Waals surface area (Å²) >= 11 is 0. The van der Waals surface area contributed by atoms with Crippen LogP contribution in [0.25, 0.3) is 11.3 Å². The monoisotopic (exact) mass is 300 g/mol. The molecule has 0 aliphatic rings. The van der Waals surface area contributed by atoms with Gasteiger partial charge >= 0.3 is 0 Å². The third-order valence-corrected chi connectivity index (χ3v) is 3.26. The highest BCUT2D eigenvalue weighted by atomic mass is 16.5. The lowest BCUT2D eigenvalue weighted by molar-refractivity contribution is 0.111. The number of carbonyl (C=O) groups is 1. The summed E-state index contributed by atoms with van der Waals surface area (Å²) in [5.74, 6) is 0.150. The number of rotatable bonds is 8. The second-order valence-corrected chi connectivity index (χ2v) is 4.83. The fraction of sp³-hybridized carbons (Fsp3) is 0.312. The van der Waals surface area contributed by atoms with Gasteiger partial charge in [-0.15, -0.1) is 0 Å². The van der Waals surface area contributed by atoms with Gasteiger partial charge in [-0.1, -0.05) is 24.3 Å². The van der Waals surface area contributed by atoms with Crippen molar-refractivity contribution >= 4 is 12.1 Å². The van der Waals surface area contributed by atoms with Crippen molar-refractivity contribution in [3.05, 3.63) is 41.7 Å². The van der Waals surface area contributed by atoms with E-state index in [9.17, 15) is 4.79 Å². The Morgan fingerprint density at radius 3 is 2.73 bits per heavy atom. The maximum atomic E-state index is 10.9. The number of nitrogen functional groups attached to an aromatic ring is 1. The molecule has 2 rings (SSSR count). The molecule has 0 fully saturated rings. The molecule has 1 aromatic carbocycles. The molecule has 0 aliphatic carbocycles. The van der Waals surface area contributed by atoms with Gasteiger partial charge in [-0.2, -0.15) is 0 Å². The van der Waals surface area contributed by atoms with Crippen LogP contribution in [0.4, 0.5) is 5.82 Å². The van der Waals surface area contributed by atoms with Crippen LogP contribution in [0.15, 0.2) is 30.5 Å². The third-order valence-electron chi connectivity index (χ3n) is 3.26. The van der Waals surface area contributed by atoms with Crippen molar-refractivity contribution < 1.29 is 9.53 Å². The zero-order valence-electron chi connectivity index (χ0n) is 12.6. The highest BCUT2D eigenvalue weighted by molar-refractivity contribution is 5.79. The van der Waals surface area contributed by atoms with Gasteiger partial charge in [-0.3, -0.25) is 4.79 Å². The Morgan fingerprint density at radius 2 is 2.05 bits per heavy atom. The summed E-state index contributed by atoms with van der Waals surface area (Å²) in [7, 11) is 1.69. The lowest BCUT2D eigenvalue weighted by Gasteiger charge is -2.06. The Kier molecular flexibility index (Phi) is 6.00. The van der Waals surface area contributed by atoms with E-state index < -0.39 is 0 Å². The SMILES string of the molecule is COCCNCCc1ccc(-c2cnc(N)c(C=O)n2)cc1. The van der Waals surface area contributed by atoms with Crippen LogP contribution in [0.5, 0.6) is 0 Å². The summed E-state index contributed by atoms with van der Waals surface area (Å²) in [6.07, 6.45) is 3.13. The van der Waals surface area contributed by atoms with E-state index in [4.69, 9.17) is 10.5 Å². The number of anilines is 1. The Hall–Kier alpha value is -2.31.